The maximum absolute atomic E-state index is 12.4. The van der Waals surface area contributed by atoms with Crippen molar-refractivity contribution < 1.29 is 19.1 Å². The Morgan fingerprint density at radius 2 is 2.05 bits per heavy atom. The highest BCUT2D eigenvalue weighted by Crippen LogP contribution is 2.15. The van der Waals surface area contributed by atoms with Gasteiger partial charge in [-0.25, -0.2) is 4.79 Å². The lowest BCUT2D eigenvalue weighted by Gasteiger charge is -2.33. The van der Waals surface area contributed by atoms with Crippen LogP contribution in [0.5, 0.6) is 0 Å². The number of nitrogens with two attached hydrogens (primary N) is 1. The fraction of sp³-hybridized carbons (Fsp3) is 0.385. The molecule has 1 aliphatic rings. The third kappa shape index (κ3) is 2.85. The second kappa shape index (κ2) is 5.71. The Hall–Kier alpha value is -2.08. The van der Waals surface area contributed by atoms with Crippen molar-refractivity contribution in [2.75, 3.05) is 32.6 Å². The van der Waals surface area contributed by atoms with Gasteiger partial charge in [-0.05, 0) is 24.3 Å². The molecule has 1 aromatic carbocycles. The molecule has 1 unspecified atom stereocenters. The molecule has 0 radical (unpaired) electrons. The lowest BCUT2D eigenvalue weighted by atomic mass is 10.1. The van der Waals surface area contributed by atoms with Gasteiger partial charge in [0.2, 0.25) is 0 Å². The van der Waals surface area contributed by atoms with Crippen molar-refractivity contribution >= 4 is 17.6 Å². The number of anilines is 1. The van der Waals surface area contributed by atoms with Crippen molar-refractivity contribution in [1.82, 2.24) is 4.90 Å². The first-order valence-electron chi connectivity index (χ1n) is 5.95. The molecule has 1 fully saturated rings. The number of benzene rings is 1. The van der Waals surface area contributed by atoms with Gasteiger partial charge in [-0.3, -0.25) is 4.79 Å². The van der Waals surface area contributed by atoms with E-state index in [1.807, 2.05) is 0 Å². The molecule has 1 amide bonds. The zero-order valence-electron chi connectivity index (χ0n) is 10.7. The predicted octanol–water partition coefficient (Wildman–Crippen LogP) is 0.283. The van der Waals surface area contributed by atoms with E-state index in [4.69, 9.17) is 15.2 Å². The first kappa shape index (κ1) is 13.4. The summed E-state index contributed by atoms with van der Waals surface area (Å²) in [5.74, 6) is -0.692. The molecule has 1 aliphatic heterocycles. The van der Waals surface area contributed by atoms with Gasteiger partial charge in [-0.1, -0.05) is 0 Å². The first-order valence-corrected chi connectivity index (χ1v) is 5.95. The Morgan fingerprint density at radius 3 is 2.68 bits per heavy atom. The Balaban J connectivity index is 2.20. The minimum Gasteiger partial charge on any atom is -0.467 e. The maximum atomic E-state index is 12.4. The molecule has 0 saturated carbocycles. The van der Waals surface area contributed by atoms with E-state index >= 15 is 0 Å². The molecule has 1 aromatic rings. The molecule has 102 valence electrons. The molecule has 1 heterocycles. The van der Waals surface area contributed by atoms with Gasteiger partial charge in [0, 0.05) is 17.8 Å². The average molecular weight is 264 g/mol. The standard InChI is InChI=1S/C13H16N2O4/c1-18-13(17)11-8-19-7-6-15(11)12(16)9-2-4-10(14)5-3-9/h2-5,11H,6-8,14H2,1H3. The van der Waals surface area contributed by atoms with Crippen LogP contribution in [-0.2, 0) is 14.3 Å². The first-order chi connectivity index (χ1) is 9.13. The summed E-state index contributed by atoms with van der Waals surface area (Å²) in [6.45, 7) is 0.935. The van der Waals surface area contributed by atoms with Crippen LogP contribution < -0.4 is 5.73 Å². The Bertz CT molecular complexity index is 472. The van der Waals surface area contributed by atoms with Crippen LogP contribution in [0.3, 0.4) is 0 Å². The summed E-state index contributed by atoms with van der Waals surface area (Å²) in [6, 6.07) is 5.90. The van der Waals surface area contributed by atoms with Gasteiger partial charge in [0.1, 0.15) is 0 Å². The molecule has 1 saturated heterocycles. The van der Waals surface area contributed by atoms with E-state index in [1.54, 1.807) is 24.3 Å². The third-order valence-electron chi connectivity index (χ3n) is 3.02. The summed E-state index contributed by atoms with van der Waals surface area (Å²) in [7, 11) is 1.29. The lowest BCUT2D eigenvalue weighted by molar-refractivity contribution is -0.151. The minimum absolute atomic E-state index is 0.160. The van der Waals surface area contributed by atoms with Crippen LogP contribution in [-0.4, -0.2) is 49.7 Å². The van der Waals surface area contributed by atoms with E-state index in [1.165, 1.54) is 12.0 Å². The molecule has 0 bridgehead atoms. The number of esters is 1. The number of amides is 1. The van der Waals surface area contributed by atoms with E-state index in [2.05, 4.69) is 0 Å². The topological polar surface area (TPSA) is 81.9 Å². The molecule has 2 rings (SSSR count). The zero-order valence-corrected chi connectivity index (χ0v) is 10.7. The van der Waals surface area contributed by atoms with Crippen molar-refractivity contribution in [2.24, 2.45) is 0 Å². The van der Waals surface area contributed by atoms with Crippen molar-refractivity contribution in [2.45, 2.75) is 6.04 Å². The third-order valence-corrected chi connectivity index (χ3v) is 3.02. The fourth-order valence-electron chi connectivity index (χ4n) is 1.97. The van der Waals surface area contributed by atoms with Gasteiger partial charge >= 0.3 is 5.97 Å². The van der Waals surface area contributed by atoms with E-state index < -0.39 is 12.0 Å². The Labute approximate surface area is 111 Å². The monoisotopic (exact) mass is 264 g/mol. The fourth-order valence-corrected chi connectivity index (χ4v) is 1.97. The van der Waals surface area contributed by atoms with E-state index in [9.17, 15) is 9.59 Å². The summed E-state index contributed by atoms with van der Waals surface area (Å²) in [6.07, 6.45) is 0. The van der Waals surface area contributed by atoms with Crippen LogP contribution in [0, 0.1) is 0 Å². The number of nitrogens with zero attached hydrogens (tertiary/aromatic N) is 1. The molecule has 1 atom stereocenters. The van der Waals surface area contributed by atoms with Crippen molar-refractivity contribution in [1.29, 1.82) is 0 Å². The number of nitrogen functional groups attached to an aromatic ring is 1. The molecule has 19 heavy (non-hydrogen) atoms. The second-order valence-corrected chi connectivity index (χ2v) is 4.23. The van der Waals surface area contributed by atoms with Crippen LogP contribution in [0.25, 0.3) is 0 Å². The Morgan fingerprint density at radius 1 is 1.37 bits per heavy atom. The number of carbonyl (C=O) groups excluding carboxylic acids is 2. The minimum atomic E-state index is -0.691. The number of ether oxygens (including phenoxy) is 2. The number of rotatable bonds is 2. The van der Waals surface area contributed by atoms with Crippen molar-refractivity contribution in [3.05, 3.63) is 29.8 Å². The number of morpholine rings is 1. The van der Waals surface area contributed by atoms with Crippen LogP contribution in [0.2, 0.25) is 0 Å². The number of hydrogen-bond acceptors (Lipinski definition) is 5. The number of methoxy groups -OCH3 is 1. The summed E-state index contributed by atoms with van der Waals surface area (Å²) in [4.78, 5) is 25.5. The van der Waals surface area contributed by atoms with Crippen LogP contribution in [0.15, 0.2) is 24.3 Å². The highest BCUT2D eigenvalue weighted by atomic mass is 16.5. The SMILES string of the molecule is COC(=O)C1COCCN1C(=O)c1ccc(N)cc1. The average Bonchev–Trinajstić information content (AvgIpc) is 2.46. The molecule has 0 aromatic heterocycles. The highest BCUT2D eigenvalue weighted by Gasteiger charge is 2.34. The van der Waals surface area contributed by atoms with E-state index in [0.29, 0.717) is 24.4 Å². The van der Waals surface area contributed by atoms with Gasteiger partial charge in [0.25, 0.3) is 5.91 Å². The molecular formula is C13H16N2O4. The quantitative estimate of drug-likeness (QED) is 0.613. The predicted molar refractivity (Wildman–Crippen MR) is 68.5 cm³/mol. The molecule has 6 heteroatoms. The van der Waals surface area contributed by atoms with Crippen LogP contribution >= 0.6 is 0 Å². The smallest absolute Gasteiger partial charge is 0.331 e. The van der Waals surface area contributed by atoms with Crippen molar-refractivity contribution in [3.8, 4) is 0 Å². The largest absolute Gasteiger partial charge is 0.467 e. The number of carbonyl (C=O) groups is 2. The lowest BCUT2D eigenvalue weighted by Crippen LogP contribution is -2.53. The second-order valence-electron chi connectivity index (χ2n) is 4.23. The zero-order chi connectivity index (χ0) is 13.8. The molecule has 0 aliphatic carbocycles. The molecular weight excluding hydrogens is 248 g/mol. The van der Waals surface area contributed by atoms with Gasteiger partial charge in [-0.15, -0.1) is 0 Å². The maximum Gasteiger partial charge on any atom is 0.331 e. The van der Waals surface area contributed by atoms with E-state index in [-0.39, 0.29) is 12.5 Å². The molecule has 0 spiro atoms. The van der Waals surface area contributed by atoms with E-state index in [0.717, 1.165) is 0 Å². The summed E-state index contributed by atoms with van der Waals surface area (Å²) in [5, 5.41) is 0. The summed E-state index contributed by atoms with van der Waals surface area (Å²) in [5.41, 5.74) is 6.66. The normalized spacial score (nSPS) is 19.0. The summed E-state index contributed by atoms with van der Waals surface area (Å²) < 4.78 is 9.92. The van der Waals surface area contributed by atoms with Crippen LogP contribution in [0.4, 0.5) is 5.69 Å². The molecule has 6 nitrogen and oxygen atoms in total. The van der Waals surface area contributed by atoms with Gasteiger partial charge in [0.15, 0.2) is 6.04 Å². The number of hydrogen-bond donors (Lipinski definition) is 1. The summed E-state index contributed by atoms with van der Waals surface area (Å²) >= 11 is 0. The van der Waals surface area contributed by atoms with Crippen LogP contribution in [0.1, 0.15) is 10.4 Å². The van der Waals surface area contributed by atoms with Gasteiger partial charge < -0.3 is 20.1 Å². The van der Waals surface area contributed by atoms with Gasteiger partial charge in [-0.2, -0.15) is 0 Å². The Kier molecular flexibility index (Phi) is 4.01. The van der Waals surface area contributed by atoms with Crippen molar-refractivity contribution in [3.63, 3.8) is 0 Å². The highest BCUT2D eigenvalue weighted by molar-refractivity contribution is 5.97. The molecule has 2 N–H and O–H groups in total. The van der Waals surface area contributed by atoms with Gasteiger partial charge in [0.05, 0.1) is 20.3 Å².